The third-order valence-electron chi connectivity index (χ3n) is 3.56. The largest absolute Gasteiger partial charge is 0.497 e. The van der Waals surface area contributed by atoms with Crippen molar-refractivity contribution in [1.82, 2.24) is 0 Å². The van der Waals surface area contributed by atoms with E-state index in [1.807, 2.05) is 6.92 Å². The van der Waals surface area contributed by atoms with Crippen LogP contribution in [0.15, 0.2) is 36.4 Å². The quantitative estimate of drug-likeness (QED) is 0.764. The molecule has 4 nitrogen and oxygen atoms in total. The number of nitrogens with two attached hydrogens (primary N) is 1. The van der Waals surface area contributed by atoms with Gasteiger partial charge in [-0.2, -0.15) is 0 Å². The molecule has 3 N–H and O–H groups in total. The Bertz CT molecular complexity index is 723. The molecule has 0 aromatic heterocycles. The van der Waals surface area contributed by atoms with Crippen LogP contribution in [0, 0.1) is 5.82 Å². The molecule has 2 aromatic rings. The number of carbonyl (C=O) groups is 1. The molecule has 7 heteroatoms. The number of quaternary nitrogens is 1. The maximum absolute atomic E-state index is 13.6. The molecule has 128 valence electrons. The molecule has 0 aliphatic heterocycles. The molecule has 24 heavy (non-hydrogen) atoms. The Kier molecular flexibility index (Phi) is 6.43. The predicted octanol–water partition coefficient (Wildman–Crippen LogP) is 3.40. The van der Waals surface area contributed by atoms with Gasteiger partial charge in [0.05, 0.1) is 17.2 Å². The molecule has 0 fully saturated rings. The molecular formula is C17H18Cl2FN2O2+. The normalized spacial score (nSPS) is 11.9. The number of carbonyl (C=O) groups excluding carboxylic acids is 1. The molecule has 0 heterocycles. The minimum absolute atomic E-state index is 0.0202. The second-order valence-corrected chi connectivity index (χ2v) is 6.11. The van der Waals surface area contributed by atoms with Crippen molar-refractivity contribution in [3.05, 3.63) is 57.8 Å². The summed E-state index contributed by atoms with van der Waals surface area (Å²) in [7, 11) is 1.58. The molecule has 0 saturated carbocycles. The van der Waals surface area contributed by atoms with Crippen molar-refractivity contribution in [3.8, 4) is 5.75 Å². The van der Waals surface area contributed by atoms with E-state index in [2.05, 4.69) is 5.32 Å². The fraction of sp³-hybridized carbons (Fsp3) is 0.235. The summed E-state index contributed by atoms with van der Waals surface area (Å²) in [5.74, 6) is 0.0177. The van der Waals surface area contributed by atoms with Gasteiger partial charge in [-0.05, 0) is 43.3 Å². The van der Waals surface area contributed by atoms with Gasteiger partial charge in [0.1, 0.15) is 17.6 Å². The first kappa shape index (κ1) is 18.5. The number of hydrogen-bond donors (Lipinski definition) is 2. The first-order valence-corrected chi connectivity index (χ1v) is 8.08. The van der Waals surface area contributed by atoms with Gasteiger partial charge in [-0.15, -0.1) is 0 Å². The highest BCUT2D eigenvalue weighted by molar-refractivity contribution is 6.35. The molecule has 2 rings (SSSR count). The Morgan fingerprint density at radius 2 is 1.92 bits per heavy atom. The second kappa shape index (κ2) is 8.33. The Morgan fingerprint density at radius 1 is 1.25 bits per heavy atom. The van der Waals surface area contributed by atoms with Crippen LogP contribution in [0.1, 0.15) is 18.5 Å². The zero-order valence-electron chi connectivity index (χ0n) is 13.3. The lowest BCUT2D eigenvalue weighted by atomic mass is 10.1. The summed E-state index contributed by atoms with van der Waals surface area (Å²) in [6.45, 7) is 2.02. The second-order valence-electron chi connectivity index (χ2n) is 5.29. The van der Waals surface area contributed by atoms with E-state index in [1.54, 1.807) is 36.7 Å². The van der Waals surface area contributed by atoms with Crippen molar-refractivity contribution >= 4 is 34.8 Å². The number of hydrogen-bond acceptors (Lipinski definition) is 2. The van der Waals surface area contributed by atoms with Crippen LogP contribution < -0.4 is 15.4 Å². The third kappa shape index (κ3) is 4.84. The number of benzene rings is 2. The van der Waals surface area contributed by atoms with E-state index >= 15 is 0 Å². The molecule has 0 saturated heterocycles. The lowest BCUT2D eigenvalue weighted by Crippen LogP contribution is -2.86. The van der Waals surface area contributed by atoms with Gasteiger partial charge in [-0.25, -0.2) is 4.39 Å². The Balaban J connectivity index is 1.92. The van der Waals surface area contributed by atoms with Crippen LogP contribution >= 0.6 is 23.2 Å². The number of rotatable bonds is 6. The minimum atomic E-state index is -0.529. The number of halogens is 3. The fourth-order valence-electron chi connectivity index (χ4n) is 2.18. The summed E-state index contributed by atoms with van der Waals surface area (Å²) in [6.07, 6.45) is 0. The van der Waals surface area contributed by atoms with Crippen molar-refractivity contribution in [2.24, 2.45) is 0 Å². The van der Waals surface area contributed by atoms with E-state index in [4.69, 9.17) is 27.9 Å². The summed E-state index contributed by atoms with van der Waals surface area (Å²) < 4.78 is 18.6. The van der Waals surface area contributed by atoms with Crippen molar-refractivity contribution in [3.63, 3.8) is 0 Å². The van der Waals surface area contributed by atoms with E-state index in [1.165, 1.54) is 12.1 Å². The highest BCUT2D eigenvalue weighted by Gasteiger charge is 2.17. The zero-order valence-corrected chi connectivity index (χ0v) is 14.8. The number of ether oxygens (including phenoxy) is 1. The molecule has 0 aliphatic carbocycles. The van der Waals surface area contributed by atoms with Gasteiger partial charge in [0.25, 0.3) is 5.91 Å². The lowest BCUT2D eigenvalue weighted by molar-refractivity contribution is -0.682. The summed E-state index contributed by atoms with van der Waals surface area (Å²) >= 11 is 11.8. The van der Waals surface area contributed by atoms with Gasteiger partial charge in [0.15, 0.2) is 6.54 Å². The maximum atomic E-state index is 13.6. The van der Waals surface area contributed by atoms with Crippen molar-refractivity contribution < 1.29 is 19.2 Å². The van der Waals surface area contributed by atoms with Crippen LogP contribution in [0.25, 0.3) is 0 Å². The Labute approximate surface area is 149 Å². The van der Waals surface area contributed by atoms with Gasteiger partial charge in [-0.3, -0.25) is 4.79 Å². The molecule has 2 aromatic carbocycles. The number of nitrogens with one attached hydrogen (secondary N) is 1. The summed E-state index contributed by atoms with van der Waals surface area (Å²) in [6, 6.07) is 9.52. The van der Waals surface area contributed by atoms with Gasteiger partial charge >= 0.3 is 0 Å². The van der Waals surface area contributed by atoms with Crippen molar-refractivity contribution in [2.45, 2.75) is 13.0 Å². The first-order valence-electron chi connectivity index (χ1n) is 7.32. The van der Waals surface area contributed by atoms with Gasteiger partial charge in [-0.1, -0.05) is 23.2 Å². The minimum Gasteiger partial charge on any atom is -0.497 e. The van der Waals surface area contributed by atoms with E-state index in [0.717, 1.165) is 0 Å². The molecule has 0 unspecified atom stereocenters. The van der Waals surface area contributed by atoms with Crippen LogP contribution in [0.5, 0.6) is 5.75 Å². The van der Waals surface area contributed by atoms with Crippen LogP contribution in [0.4, 0.5) is 10.1 Å². The van der Waals surface area contributed by atoms with Gasteiger partial charge in [0.2, 0.25) is 0 Å². The standard InChI is InChI=1S/C17H17Cl2FN2O2/c1-10(13-7-16(20)15(19)8-14(13)18)21-9-17(23)22-11-3-5-12(24-2)6-4-11/h3-8,10,21H,9H2,1-2H3,(H,22,23)/p+1/t10-/m1/s1. The van der Waals surface area contributed by atoms with Gasteiger partial charge < -0.3 is 15.4 Å². The van der Waals surface area contributed by atoms with Crippen LogP contribution in [0.3, 0.4) is 0 Å². The van der Waals surface area contributed by atoms with Crippen LogP contribution in [-0.4, -0.2) is 19.6 Å². The average molecular weight is 372 g/mol. The summed E-state index contributed by atoms with van der Waals surface area (Å²) in [5.41, 5.74) is 1.27. The number of anilines is 1. The van der Waals surface area contributed by atoms with Gasteiger partial charge in [0, 0.05) is 11.3 Å². The third-order valence-corrected chi connectivity index (χ3v) is 4.18. The summed E-state index contributed by atoms with van der Waals surface area (Å²) in [5, 5.41) is 4.91. The molecule has 0 bridgehead atoms. The van der Waals surface area contributed by atoms with Crippen molar-refractivity contribution in [1.29, 1.82) is 0 Å². The molecule has 1 amide bonds. The average Bonchev–Trinajstić information content (AvgIpc) is 2.56. The number of methoxy groups -OCH3 is 1. The monoisotopic (exact) mass is 371 g/mol. The molecular weight excluding hydrogens is 354 g/mol. The molecule has 0 spiro atoms. The van der Waals surface area contributed by atoms with Crippen molar-refractivity contribution in [2.75, 3.05) is 19.0 Å². The van der Waals surface area contributed by atoms with E-state index in [-0.39, 0.29) is 23.5 Å². The summed E-state index contributed by atoms with van der Waals surface area (Å²) in [4.78, 5) is 12.0. The molecule has 0 aliphatic rings. The number of amides is 1. The lowest BCUT2D eigenvalue weighted by Gasteiger charge is -2.13. The Morgan fingerprint density at radius 3 is 2.54 bits per heavy atom. The highest BCUT2D eigenvalue weighted by atomic mass is 35.5. The van der Waals surface area contributed by atoms with Crippen LogP contribution in [0.2, 0.25) is 10.0 Å². The molecule has 0 radical (unpaired) electrons. The van der Waals surface area contributed by atoms with E-state index in [0.29, 0.717) is 22.0 Å². The van der Waals surface area contributed by atoms with Crippen LogP contribution in [-0.2, 0) is 4.79 Å². The highest BCUT2D eigenvalue weighted by Crippen LogP contribution is 2.27. The van der Waals surface area contributed by atoms with E-state index < -0.39 is 5.82 Å². The zero-order chi connectivity index (χ0) is 17.7. The molecule has 1 atom stereocenters. The Hall–Kier alpha value is -1.82. The first-order chi connectivity index (χ1) is 11.4. The smallest absolute Gasteiger partial charge is 0.279 e. The van der Waals surface area contributed by atoms with E-state index in [9.17, 15) is 9.18 Å². The SMILES string of the molecule is COc1ccc(NC(=O)C[NH2+][C@H](C)c2cc(F)c(Cl)cc2Cl)cc1. The maximum Gasteiger partial charge on any atom is 0.279 e. The topological polar surface area (TPSA) is 54.9 Å². The fourth-order valence-corrected chi connectivity index (χ4v) is 2.74. The predicted molar refractivity (Wildman–Crippen MR) is 93.3 cm³/mol.